The van der Waals surface area contributed by atoms with E-state index in [0.717, 1.165) is 9.71 Å². The first-order valence-electron chi connectivity index (χ1n) is 4.74. The van der Waals surface area contributed by atoms with Crippen LogP contribution in [0.25, 0.3) is 0 Å². The number of sulfonamides is 1. The van der Waals surface area contributed by atoms with E-state index >= 15 is 0 Å². The number of hydrogen-bond donors (Lipinski definition) is 0. The Balaban J connectivity index is 3.05. The van der Waals surface area contributed by atoms with E-state index in [1.807, 2.05) is 0 Å². The molecule has 1 atom stereocenters. The highest BCUT2D eigenvalue weighted by Gasteiger charge is 2.24. The summed E-state index contributed by atoms with van der Waals surface area (Å²) in [6.07, 6.45) is 0. The third kappa shape index (κ3) is 2.68. The molecule has 5 heteroatoms. The van der Waals surface area contributed by atoms with Gasteiger partial charge >= 0.3 is 0 Å². The van der Waals surface area contributed by atoms with Crippen molar-refractivity contribution in [2.24, 2.45) is 0 Å². The molecule has 3 nitrogen and oxygen atoms in total. The molecule has 0 saturated carbocycles. The van der Waals surface area contributed by atoms with Crippen molar-refractivity contribution in [3.8, 4) is 0 Å². The van der Waals surface area contributed by atoms with Crippen LogP contribution < -0.4 is 0 Å². The van der Waals surface area contributed by atoms with Gasteiger partial charge in [0.1, 0.15) is 6.67 Å². The first-order chi connectivity index (χ1) is 7.53. The third-order valence-electron chi connectivity index (χ3n) is 2.38. The van der Waals surface area contributed by atoms with Gasteiger partial charge in [-0.25, -0.2) is 12.8 Å². The summed E-state index contributed by atoms with van der Waals surface area (Å²) in [7, 11) is -2.26. The maximum atomic E-state index is 12.9. The molecule has 16 heavy (non-hydrogen) atoms. The van der Waals surface area contributed by atoms with Crippen LogP contribution in [0.3, 0.4) is 0 Å². The Morgan fingerprint density at radius 3 is 2.44 bits per heavy atom. The zero-order chi connectivity index (χ0) is 12.2. The fourth-order valence-corrected chi connectivity index (χ4v) is 2.13. The maximum absolute atomic E-state index is 12.9. The topological polar surface area (TPSA) is 37.4 Å². The average Bonchev–Trinajstić information content (AvgIpc) is 2.31. The molecule has 0 fully saturated rings. The number of nitrogens with zero attached hydrogens (tertiary/aromatic N) is 1. The minimum Gasteiger partial charge on any atom is -0.249 e. The van der Waals surface area contributed by atoms with Crippen LogP contribution in [0.15, 0.2) is 42.3 Å². The van der Waals surface area contributed by atoms with Gasteiger partial charge in [0.25, 0.3) is 0 Å². The molecule has 0 heterocycles. The van der Waals surface area contributed by atoms with Gasteiger partial charge in [0.05, 0.1) is 6.04 Å². The van der Waals surface area contributed by atoms with E-state index in [4.69, 9.17) is 0 Å². The molecule has 1 rings (SSSR count). The van der Waals surface area contributed by atoms with Crippen LogP contribution in [0.1, 0.15) is 11.6 Å². The fraction of sp³-hybridized carbons (Fsp3) is 0.273. The van der Waals surface area contributed by atoms with Crippen molar-refractivity contribution in [3.63, 3.8) is 0 Å². The van der Waals surface area contributed by atoms with Crippen molar-refractivity contribution >= 4 is 10.0 Å². The molecule has 0 radical (unpaired) electrons. The van der Waals surface area contributed by atoms with Crippen LogP contribution in [-0.4, -0.2) is 26.4 Å². The standard InChI is InChI=1S/C11H14FNO2S/c1-3-16(14,15)13(2)11(9-12)10-7-5-4-6-8-10/h3-8,11H,1,9H2,2H3/t11-/m1/s1. The SMILES string of the molecule is C=CS(=O)(=O)N(C)[C@H](CF)c1ccccc1. The summed E-state index contributed by atoms with van der Waals surface area (Å²) in [6, 6.07) is 7.86. The smallest absolute Gasteiger partial charge is 0.236 e. The van der Waals surface area contributed by atoms with Crippen LogP contribution in [0.2, 0.25) is 0 Å². The van der Waals surface area contributed by atoms with Crippen molar-refractivity contribution < 1.29 is 12.8 Å². The average molecular weight is 243 g/mol. The van der Waals surface area contributed by atoms with Gasteiger partial charge in [-0.05, 0) is 5.56 Å². The molecular formula is C11H14FNO2S. The number of halogens is 1. The Morgan fingerprint density at radius 1 is 1.44 bits per heavy atom. The van der Waals surface area contributed by atoms with E-state index in [9.17, 15) is 12.8 Å². The molecule has 0 aliphatic heterocycles. The highest BCUT2D eigenvalue weighted by Crippen LogP contribution is 2.22. The number of rotatable bonds is 5. The first kappa shape index (κ1) is 12.9. The second-order valence-electron chi connectivity index (χ2n) is 3.31. The molecule has 0 unspecified atom stereocenters. The largest absolute Gasteiger partial charge is 0.249 e. The lowest BCUT2D eigenvalue weighted by Gasteiger charge is -2.23. The van der Waals surface area contributed by atoms with Crippen molar-refractivity contribution in [2.75, 3.05) is 13.7 Å². The highest BCUT2D eigenvalue weighted by atomic mass is 32.2. The minimum atomic E-state index is -3.60. The Morgan fingerprint density at radius 2 is 2.00 bits per heavy atom. The molecule has 1 aromatic carbocycles. The van der Waals surface area contributed by atoms with Gasteiger partial charge < -0.3 is 0 Å². The Kier molecular flexibility index (Phi) is 4.20. The molecule has 1 aromatic rings. The van der Waals surface area contributed by atoms with Gasteiger partial charge in [-0.3, -0.25) is 0 Å². The van der Waals surface area contributed by atoms with Crippen LogP contribution in [0.5, 0.6) is 0 Å². The second kappa shape index (κ2) is 5.23. The summed E-state index contributed by atoms with van der Waals surface area (Å²) >= 11 is 0. The summed E-state index contributed by atoms with van der Waals surface area (Å²) < 4.78 is 36.9. The summed E-state index contributed by atoms with van der Waals surface area (Å²) in [5.74, 6) is 0. The molecule has 0 bridgehead atoms. The van der Waals surface area contributed by atoms with Crippen LogP contribution in [-0.2, 0) is 10.0 Å². The van der Waals surface area contributed by atoms with E-state index < -0.39 is 22.7 Å². The monoisotopic (exact) mass is 243 g/mol. The van der Waals surface area contributed by atoms with Gasteiger partial charge in [0.15, 0.2) is 0 Å². The number of alkyl halides is 1. The van der Waals surface area contributed by atoms with Crippen LogP contribution in [0, 0.1) is 0 Å². The Hall–Kier alpha value is -1.20. The van der Waals surface area contributed by atoms with Gasteiger partial charge in [-0.2, -0.15) is 4.31 Å². The van der Waals surface area contributed by atoms with Gasteiger partial charge in [-0.15, -0.1) is 0 Å². The van der Waals surface area contributed by atoms with Crippen LogP contribution >= 0.6 is 0 Å². The maximum Gasteiger partial charge on any atom is 0.236 e. The molecular weight excluding hydrogens is 229 g/mol. The van der Waals surface area contributed by atoms with E-state index in [1.54, 1.807) is 30.3 Å². The van der Waals surface area contributed by atoms with Crippen molar-refractivity contribution in [2.45, 2.75) is 6.04 Å². The Bertz CT molecular complexity index is 444. The molecule has 0 aliphatic carbocycles. The quantitative estimate of drug-likeness (QED) is 0.794. The minimum absolute atomic E-state index is 0.623. The zero-order valence-electron chi connectivity index (χ0n) is 9.01. The fourth-order valence-electron chi connectivity index (χ4n) is 1.37. The molecule has 0 saturated heterocycles. The molecule has 0 spiro atoms. The lowest BCUT2D eigenvalue weighted by atomic mass is 10.1. The lowest BCUT2D eigenvalue weighted by molar-refractivity contribution is 0.301. The second-order valence-corrected chi connectivity index (χ2v) is 5.25. The predicted octanol–water partition coefficient (Wildman–Crippen LogP) is 2.10. The summed E-state index contributed by atoms with van der Waals surface area (Å²) in [4.78, 5) is 0. The van der Waals surface area contributed by atoms with E-state index in [0.29, 0.717) is 5.56 Å². The van der Waals surface area contributed by atoms with Gasteiger partial charge in [0.2, 0.25) is 10.0 Å². The lowest BCUT2D eigenvalue weighted by Crippen LogP contribution is -2.30. The van der Waals surface area contributed by atoms with Crippen LogP contribution in [0.4, 0.5) is 4.39 Å². The summed E-state index contributed by atoms with van der Waals surface area (Å²) in [6.45, 7) is 2.44. The molecule has 0 aliphatic rings. The van der Waals surface area contributed by atoms with Gasteiger partial charge in [0, 0.05) is 12.5 Å². The predicted molar refractivity (Wildman–Crippen MR) is 62.0 cm³/mol. The van der Waals surface area contributed by atoms with Gasteiger partial charge in [-0.1, -0.05) is 36.9 Å². The number of benzene rings is 1. The Labute approximate surface area is 95.3 Å². The molecule has 0 amide bonds. The molecule has 0 aromatic heterocycles. The summed E-state index contributed by atoms with van der Waals surface area (Å²) in [5.41, 5.74) is 0.623. The van der Waals surface area contributed by atoms with E-state index in [1.165, 1.54) is 7.05 Å². The van der Waals surface area contributed by atoms with Crippen molar-refractivity contribution in [3.05, 3.63) is 47.9 Å². The zero-order valence-corrected chi connectivity index (χ0v) is 9.82. The van der Waals surface area contributed by atoms with Crippen molar-refractivity contribution in [1.82, 2.24) is 4.31 Å². The van der Waals surface area contributed by atoms with Crippen molar-refractivity contribution in [1.29, 1.82) is 0 Å². The normalized spacial score (nSPS) is 13.7. The summed E-state index contributed by atoms with van der Waals surface area (Å²) in [5, 5.41) is 0.818. The highest BCUT2D eigenvalue weighted by molar-refractivity contribution is 7.92. The first-order valence-corrected chi connectivity index (χ1v) is 6.24. The molecule has 88 valence electrons. The van der Waals surface area contributed by atoms with E-state index in [-0.39, 0.29) is 0 Å². The third-order valence-corrected chi connectivity index (χ3v) is 3.86. The molecule has 0 N–H and O–H groups in total. The number of hydrogen-bond acceptors (Lipinski definition) is 2. The van der Waals surface area contributed by atoms with E-state index in [2.05, 4.69) is 6.58 Å².